The number of H-pyrrole nitrogens is 1. The molecule has 22 heteroatoms. The maximum absolute atomic E-state index is 13.2. The van der Waals surface area contributed by atoms with Gasteiger partial charge in [0.15, 0.2) is 5.11 Å². The fraction of sp³-hybridized carbons (Fsp3) is 0.365. The van der Waals surface area contributed by atoms with Gasteiger partial charge < -0.3 is 35.4 Å². The van der Waals surface area contributed by atoms with Crippen LogP contribution in [0.15, 0.2) is 124 Å². The van der Waals surface area contributed by atoms with E-state index in [4.69, 9.17) is 29.6 Å². The molecule has 3 aliphatic rings. The summed E-state index contributed by atoms with van der Waals surface area (Å²) in [6.07, 6.45) is 18.7. The van der Waals surface area contributed by atoms with Crippen molar-refractivity contribution in [1.29, 1.82) is 0 Å². The number of aryl methyl sites for hydroxylation is 9. The molecule has 0 atom stereocenters. The van der Waals surface area contributed by atoms with Gasteiger partial charge in [-0.2, -0.15) is 4.98 Å². The third-order valence-corrected chi connectivity index (χ3v) is 18.3. The van der Waals surface area contributed by atoms with Crippen molar-refractivity contribution >= 4 is 95.8 Å². The van der Waals surface area contributed by atoms with Gasteiger partial charge in [0.1, 0.15) is 5.82 Å². The molecule has 13 rings (SSSR count). The van der Waals surface area contributed by atoms with E-state index in [-0.39, 0.29) is 67.1 Å². The molecular weight excluding hydrogens is 1250 g/mol. The highest BCUT2D eigenvalue weighted by atomic mass is 35.5. The first-order valence-corrected chi connectivity index (χ1v) is 32.2. The number of benzene rings is 3. The summed E-state index contributed by atoms with van der Waals surface area (Å²) in [6.45, 7) is 11.7. The molecule has 3 saturated carbocycles. The van der Waals surface area contributed by atoms with E-state index in [0.29, 0.717) is 34.2 Å². The number of aromatic nitrogens is 9. The largest absolute Gasteiger partial charge is 0.399 e. The molecule has 0 unspecified atom stereocenters. The summed E-state index contributed by atoms with van der Waals surface area (Å²) < 4.78 is 5.02. The summed E-state index contributed by atoms with van der Waals surface area (Å²) >= 11 is 10.6. The molecule has 10 N–H and O–H groups in total. The summed E-state index contributed by atoms with van der Waals surface area (Å²) in [5, 5.41) is 19.5. The van der Waals surface area contributed by atoms with Crippen molar-refractivity contribution < 1.29 is 9.59 Å². The maximum atomic E-state index is 13.2. The van der Waals surface area contributed by atoms with Crippen LogP contribution in [0.5, 0.6) is 0 Å². The first kappa shape index (κ1) is 75.7. The first-order valence-electron chi connectivity index (χ1n) is 31.4. The lowest BCUT2D eigenvalue weighted by Crippen LogP contribution is -2.37. The highest BCUT2D eigenvalue weighted by Gasteiger charge is 2.25. The van der Waals surface area contributed by atoms with Crippen LogP contribution in [0.4, 0.5) is 23.0 Å². The van der Waals surface area contributed by atoms with E-state index in [1.165, 1.54) is 38.5 Å². The van der Waals surface area contributed by atoms with Crippen LogP contribution in [0, 0.1) is 53.4 Å². The van der Waals surface area contributed by atoms with Crippen LogP contribution in [-0.4, -0.2) is 60.1 Å². The van der Waals surface area contributed by atoms with Crippen LogP contribution >= 0.6 is 23.8 Å². The maximum Gasteiger partial charge on any atom is 0.258 e. The number of hydrazine groups is 1. The molecule has 20 nitrogen and oxygen atoms in total. The number of halogens is 1. The van der Waals surface area contributed by atoms with E-state index in [0.717, 1.165) is 139 Å². The van der Waals surface area contributed by atoms with E-state index >= 15 is 0 Å². The van der Waals surface area contributed by atoms with Crippen LogP contribution < -0.4 is 50.0 Å². The van der Waals surface area contributed by atoms with Gasteiger partial charge in [0.2, 0.25) is 17.1 Å². The van der Waals surface area contributed by atoms with Gasteiger partial charge in [-0.15, -0.1) is 5.10 Å². The number of anilines is 4. The minimum atomic E-state index is -0.137. The number of nitrogen functional groups attached to an aromatic ring is 1. The Balaban J connectivity index is 0.000000212. The third kappa shape index (κ3) is 17.8. The predicted octanol–water partition coefficient (Wildman–Crippen LogP) is 14.4. The second kappa shape index (κ2) is 33.9. The Bertz CT molecular complexity index is 4620. The van der Waals surface area contributed by atoms with Crippen molar-refractivity contribution in [3.05, 3.63) is 180 Å². The van der Waals surface area contributed by atoms with E-state index in [9.17, 15) is 24.0 Å². The van der Waals surface area contributed by atoms with E-state index in [2.05, 4.69) is 57.8 Å². The molecule has 0 saturated heterocycles. The number of amides is 1. The summed E-state index contributed by atoms with van der Waals surface area (Å²) in [5.41, 5.74) is 20.8. The van der Waals surface area contributed by atoms with Gasteiger partial charge in [-0.1, -0.05) is 79.0 Å². The van der Waals surface area contributed by atoms with Crippen molar-refractivity contribution in [2.75, 3.05) is 16.4 Å². The van der Waals surface area contributed by atoms with E-state index in [1.54, 1.807) is 40.2 Å². The SMILES string of the molecule is C.C.C.Cc1cc2c(cn1)cc(-c1cc(N)ccc1C)c(=O)n2C.Cc1cc2c(cn1)cc(-c1cc(NC(=S)NC(=O)C3CCCC3)ccc1C)c(=O)n2C.Cc1cc2c(cn1)cc(-c1cc(Nc3n[nH]c(C4CCCC4)n3)ccc1C)c(=O)n2C.NN.O=C(Cl)C1CCCC1. The minimum absolute atomic E-state index is 0. The minimum Gasteiger partial charge on any atom is -0.399 e. The molecule has 7 heterocycles. The molecular formula is C74H94ClN15O5S. The molecule has 10 aromatic rings. The predicted molar refractivity (Wildman–Crippen MR) is 399 cm³/mol. The molecule has 508 valence electrons. The van der Waals surface area contributed by atoms with Gasteiger partial charge in [-0.25, -0.2) is 0 Å². The molecule has 0 radical (unpaired) electrons. The lowest BCUT2D eigenvalue weighted by atomic mass is 9.99. The van der Waals surface area contributed by atoms with Gasteiger partial charge >= 0.3 is 0 Å². The first-order chi connectivity index (χ1) is 44.6. The zero-order valence-corrected chi connectivity index (χ0v) is 55.8. The number of nitrogens with two attached hydrogens (primary N) is 3. The van der Waals surface area contributed by atoms with Crippen LogP contribution in [0.25, 0.3) is 66.1 Å². The number of pyridine rings is 6. The lowest BCUT2D eigenvalue weighted by Gasteiger charge is -2.15. The number of nitrogens with zero attached hydrogens (tertiary/aromatic N) is 8. The Kier molecular flexibility index (Phi) is 26.7. The van der Waals surface area contributed by atoms with Crippen LogP contribution in [0.2, 0.25) is 0 Å². The monoisotopic (exact) mass is 1340 g/mol. The second-order valence-corrected chi connectivity index (χ2v) is 25.2. The number of fused-ring (bicyclic) bond motifs is 3. The topological polar surface area (TPSA) is 295 Å². The van der Waals surface area contributed by atoms with Crippen LogP contribution in [0.1, 0.15) is 145 Å². The average Bonchev–Trinajstić information content (AvgIpc) is 1.29. The van der Waals surface area contributed by atoms with Crippen molar-refractivity contribution in [3.63, 3.8) is 0 Å². The van der Waals surface area contributed by atoms with E-state index < -0.39 is 0 Å². The number of nitrogens with one attached hydrogen (secondary N) is 4. The Hall–Kier alpha value is -9.28. The summed E-state index contributed by atoms with van der Waals surface area (Å²) in [7, 11) is 5.37. The molecule has 7 aromatic heterocycles. The molecule has 3 fully saturated rings. The quantitative estimate of drug-likeness (QED) is 0.0232. The van der Waals surface area contributed by atoms with Gasteiger partial charge in [0.05, 0.1) is 16.6 Å². The van der Waals surface area contributed by atoms with Gasteiger partial charge in [0.25, 0.3) is 16.7 Å². The zero-order valence-electron chi connectivity index (χ0n) is 54.2. The smallest absolute Gasteiger partial charge is 0.258 e. The normalized spacial score (nSPS) is 13.5. The molecule has 0 aliphatic heterocycles. The van der Waals surface area contributed by atoms with Gasteiger partial charge in [-0.3, -0.25) is 55.7 Å². The van der Waals surface area contributed by atoms with Crippen LogP contribution in [0.3, 0.4) is 0 Å². The Labute approximate surface area is 572 Å². The third-order valence-electron chi connectivity index (χ3n) is 17.7. The fourth-order valence-corrected chi connectivity index (χ4v) is 12.9. The standard InChI is InChI=1S/C24H26N6O.C24H26N4O2S.C17H17N3O.C6H9ClO.3CH4.H4N2/c1-14-8-9-18(26-24-27-22(28-29-24)16-6-4-5-7-16)12-19(14)20-11-17-13-25-15(2)10-21(17)30(3)23(20)31;1-14-8-9-18(26-24(31)27-22(29)16-6-4-5-7-16)12-19(14)20-11-17-13-25-15(2)10-21(17)28(3)23(20)30;1-10-4-5-13(18)8-14(10)15-7-12-9-19-11(2)6-16(12)20(3)17(15)21;7-6(8)5-3-1-2-4-5;;;;1-2/h8-13,16H,4-7H2,1-3H3,(H2,26,27,28,29);8-13,16H,4-7H2,1-3H3,(H2,26,27,29,31);4-9H,18H2,1-3H3;5H,1-4H2;3*1H4;1-2H2. The molecule has 1 amide bonds. The highest BCUT2D eigenvalue weighted by Crippen LogP contribution is 2.34. The summed E-state index contributed by atoms with van der Waals surface area (Å²) in [5.74, 6) is 10.2. The molecule has 3 aromatic carbocycles. The molecule has 0 bridgehead atoms. The van der Waals surface area contributed by atoms with Crippen molar-refractivity contribution in [2.45, 2.75) is 147 Å². The Morgan fingerprint density at radius 3 is 1.34 bits per heavy atom. The molecule has 3 aliphatic carbocycles. The summed E-state index contributed by atoms with van der Waals surface area (Å²) in [6, 6.07) is 28.8. The zero-order chi connectivity index (χ0) is 66.8. The lowest BCUT2D eigenvalue weighted by molar-refractivity contribution is -0.123. The fourth-order valence-electron chi connectivity index (χ4n) is 12.4. The number of carbonyl (C=O) groups is 2. The van der Waals surface area contributed by atoms with Gasteiger partial charge in [0, 0.05) is 124 Å². The number of hydrogen-bond donors (Lipinski definition) is 7. The average molecular weight is 1340 g/mol. The van der Waals surface area contributed by atoms with Gasteiger partial charge in [-0.05, 0) is 210 Å². The Morgan fingerprint density at radius 1 is 0.531 bits per heavy atom. The van der Waals surface area contributed by atoms with Crippen LogP contribution in [-0.2, 0) is 30.7 Å². The molecule has 96 heavy (non-hydrogen) atoms. The summed E-state index contributed by atoms with van der Waals surface area (Å²) in [4.78, 5) is 79.4. The van der Waals surface area contributed by atoms with Crippen molar-refractivity contribution in [3.8, 4) is 33.4 Å². The second-order valence-electron chi connectivity index (χ2n) is 24.4. The van der Waals surface area contributed by atoms with Crippen molar-refractivity contribution in [1.82, 2.24) is 49.2 Å². The number of carbonyl (C=O) groups excluding carboxylic acids is 2. The number of aromatic amines is 1. The van der Waals surface area contributed by atoms with Crippen molar-refractivity contribution in [2.24, 2.45) is 44.7 Å². The number of hydrogen-bond acceptors (Lipinski definition) is 15. The number of thiocarbonyl (C=S) groups is 1. The molecule has 0 spiro atoms. The van der Waals surface area contributed by atoms with E-state index in [1.807, 2.05) is 146 Å². The Morgan fingerprint density at radius 2 is 0.917 bits per heavy atom. The number of rotatable bonds is 9. The highest BCUT2D eigenvalue weighted by molar-refractivity contribution is 7.80.